The van der Waals surface area contributed by atoms with Crippen LogP contribution in [0.2, 0.25) is 0 Å². The topological polar surface area (TPSA) is 63.0 Å². The summed E-state index contributed by atoms with van der Waals surface area (Å²) in [6.45, 7) is 0. The van der Waals surface area contributed by atoms with Gasteiger partial charge in [-0.2, -0.15) is 0 Å². The smallest absolute Gasteiger partial charge is 0.388 e. The summed E-state index contributed by atoms with van der Waals surface area (Å²) in [7, 11) is 0. The highest BCUT2D eigenvalue weighted by molar-refractivity contribution is 5.93. The summed E-state index contributed by atoms with van der Waals surface area (Å²) in [5.74, 6) is -1.24. The van der Waals surface area contributed by atoms with Crippen molar-refractivity contribution >= 4 is 11.7 Å². The molecule has 3 nitrogen and oxygen atoms in total. The Morgan fingerprint density at radius 2 is 1.90 bits per heavy atom. The molecule has 0 unspecified atom stereocenters. The highest BCUT2D eigenvalue weighted by atomic mass is 16.4. The monoisotopic (exact) mass is 136 g/mol. The Labute approximate surface area is 58.1 Å². The molecule has 1 radical (unpaired) electrons. The van der Waals surface area contributed by atoms with Gasteiger partial charge in [0.25, 0.3) is 0 Å². The molecule has 0 saturated heterocycles. The second-order valence-corrected chi connectivity index (χ2v) is 1.87. The molecule has 0 aliphatic carbocycles. The first-order valence-corrected chi connectivity index (χ1v) is 2.77. The third-order valence-electron chi connectivity index (χ3n) is 1.18. The maximum atomic E-state index is 10.2. The van der Waals surface area contributed by atoms with E-state index in [0.717, 1.165) is 0 Å². The minimum atomic E-state index is -1.24. The largest absolute Gasteiger partial charge is 0.398 e. The maximum absolute atomic E-state index is 10.2. The van der Waals surface area contributed by atoms with Crippen LogP contribution in [0.4, 0.5) is 5.69 Å². The van der Waals surface area contributed by atoms with Crippen LogP contribution in [-0.4, -0.2) is 5.97 Å². The van der Waals surface area contributed by atoms with Crippen molar-refractivity contribution in [2.24, 2.45) is 0 Å². The van der Waals surface area contributed by atoms with Crippen LogP contribution in [0.15, 0.2) is 24.3 Å². The lowest BCUT2D eigenvalue weighted by molar-refractivity contribution is 0.0574. The first-order valence-electron chi connectivity index (χ1n) is 2.77. The lowest BCUT2D eigenvalue weighted by atomic mass is 10.2. The summed E-state index contributed by atoms with van der Waals surface area (Å²) >= 11 is 0. The minimum absolute atomic E-state index is 0.0440. The molecule has 0 fully saturated rings. The normalized spacial score (nSPS) is 9.20. The Morgan fingerprint density at radius 1 is 1.30 bits per heavy atom. The van der Waals surface area contributed by atoms with Crippen LogP contribution >= 0.6 is 0 Å². The Morgan fingerprint density at radius 3 is 2.30 bits per heavy atom. The van der Waals surface area contributed by atoms with E-state index < -0.39 is 5.97 Å². The summed E-state index contributed by atoms with van der Waals surface area (Å²) < 4.78 is 0. The Hall–Kier alpha value is -1.51. The molecule has 0 saturated carbocycles. The fourth-order valence-corrected chi connectivity index (χ4v) is 0.683. The quantitative estimate of drug-likeness (QED) is 0.581. The third-order valence-corrected chi connectivity index (χ3v) is 1.18. The molecule has 0 spiro atoms. The summed E-state index contributed by atoms with van der Waals surface area (Å²) in [5, 5.41) is 10.2. The van der Waals surface area contributed by atoms with Gasteiger partial charge in [-0.3, -0.25) is 0 Å². The van der Waals surface area contributed by atoms with Crippen LogP contribution in [0.25, 0.3) is 0 Å². The molecule has 0 heterocycles. The molecular formula is C7H6NO2. The lowest BCUT2D eigenvalue weighted by Crippen LogP contribution is -1.99. The van der Waals surface area contributed by atoms with Gasteiger partial charge in [-0.1, -0.05) is 12.1 Å². The van der Waals surface area contributed by atoms with Crippen LogP contribution in [-0.2, 0) is 5.11 Å². The molecule has 1 rings (SSSR count). The number of rotatable bonds is 1. The molecule has 3 heteroatoms. The predicted molar refractivity (Wildman–Crippen MR) is 35.9 cm³/mol. The first-order chi connectivity index (χ1) is 4.72. The highest BCUT2D eigenvalue weighted by Gasteiger charge is 2.06. The van der Waals surface area contributed by atoms with E-state index in [1.165, 1.54) is 12.1 Å². The van der Waals surface area contributed by atoms with Crippen molar-refractivity contribution in [3.05, 3.63) is 29.8 Å². The number of anilines is 1. The van der Waals surface area contributed by atoms with E-state index in [4.69, 9.17) is 5.73 Å². The molecule has 1 aromatic carbocycles. The van der Waals surface area contributed by atoms with Crippen molar-refractivity contribution in [3.8, 4) is 0 Å². The number of hydrogen-bond donors (Lipinski definition) is 1. The first kappa shape index (κ1) is 6.61. The lowest BCUT2D eigenvalue weighted by Gasteiger charge is -1.94. The summed E-state index contributed by atoms with van der Waals surface area (Å²) in [4.78, 5) is 10.2. The van der Waals surface area contributed by atoms with E-state index in [0.29, 0.717) is 0 Å². The van der Waals surface area contributed by atoms with Crippen molar-refractivity contribution in [3.63, 3.8) is 0 Å². The molecular weight excluding hydrogens is 130 g/mol. The molecule has 1 aromatic rings. The summed E-state index contributed by atoms with van der Waals surface area (Å²) in [6, 6.07) is 6.19. The van der Waals surface area contributed by atoms with Gasteiger partial charge in [0.15, 0.2) is 0 Å². The molecule has 0 bridgehead atoms. The number of benzene rings is 1. The van der Waals surface area contributed by atoms with Gasteiger partial charge in [0.2, 0.25) is 0 Å². The number of nitrogen functional groups attached to an aromatic ring is 1. The molecule has 2 N–H and O–H groups in total. The minimum Gasteiger partial charge on any atom is -0.398 e. The predicted octanol–water partition coefficient (Wildman–Crippen LogP) is 0.840. The van der Waals surface area contributed by atoms with Gasteiger partial charge < -0.3 is 5.73 Å². The molecule has 0 amide bonds. The average molecular weight is 136 g/mol. The molecule has 0 atom stereocenters. The van der Waals surface area contributed by atoms with Gasteiger partial charge in [-0.25, -0.2) is 9.90 Å². The second-order valence-electron chi connectivity index (χ2n) is 1.87. The molecule has 51 valence electrons. The molecule has 0 aliphatic heterocycles. The number of hydrogen-bond acceptors (Lipinski definition) is 2. The van der Waals surface area contributed by atoms with Crippen molar-refractivity contribution in [2.75, 3.05) is 5.73 Å². The van der Waals surface area contributed by atoms with E-state index in [2.05, 4.69) is 0 Å². The Balaban J connectivity index is 3.15. The number of nitrogens with two attached hydrogens (primary N) is 1. The zero-order chi connectivity index (χ0) is 7.56. The average Bonchev–Trinajstić information content (AvgIpc) is 1.88. The number of para-hydroxylation sites is 1. The molecule has 10 heavy (non-hydrogen) atoms. The van der Waals surface area contributed by atoms with Crippen LogP contribution in [0.1, 0.15) is 10.4 Å². The maximum Gasteiger partial charge on any atom is 0.388 e. The standard InChI is InChI=1S/C7H6NO2/c8-6-4-2-1-3-5(6)7(9)10/h1-4H,8H2. The summed E-state index contributed by atoms with van der Waals surface area (Å²) in [6.07, 6.45) is 0. The van der Waals surface area contributed by atoms with Gasteiger partial charge in [0.1, 0.15) is 0 Å². The Bertz CT molecular complexity index is 258. The molecule has 0 aliphatic rings. The van der Waals surface area contributed by atoms with Gasteiger partial charge in [0.05, 0.1) is 5.56 Å². The fourth-order valence-electron chi connectivity index (χ4n) is 0.683. The van der Waals surface area contributed by atoms with Crippen molar-refractivity contribution in [1.29, 1.82) is 0 Å². The van der Waals surface area contributed by atoms with Crippen LogP contribution < -0.4 is 5.73 Å². The van der Waals surface area contributed by atoms with Crippen molar-refractivity contribution in [1.82, 2.24) is 0 Å². The zero-order valence-electron chi connectivity index (χ0n) is 5.20. The van der Waals surface area contributed by atoms with Crippen LogP contribution in [0.5, 0.6) is 0 Å². The summed E-state index contributed by atoms with van der Waals surface area (Å²) in [5.41, 5.74) is 5.58. The van der Waals surface area contributed by atoms with E-state index in [1.807, 2.05) is 0 Å². The third kappa shape index (κ3) is 1.07. The van der Waals surface area contributed by atoms with Crippen molar-refractivity contribution in [2.45, 2.75) is 0 Å². The van der Waals surface area contributed by atoms with Gasteiger partial charge in [-0.15, -0.1) is 0 Å². The van der Waals surface area contributed by atoms with Gasteiger partial charge in [0, 0.05) is 5.69 Å². The van der Waals surface area contributed by atoms with E-state index in [9.17, 15) is 9.90 Å². The van der Waals surface area contributed by atoms with Gasteiger partial charge in [-0.05, 0) is 12.1 Å². The number of carbonyl (C=O) groups is 1. The second kappa shape index (κ2) is 2.39. The van der Waals surface area contributed by atoms with Crippen molar-refractivity contribution < 1.29 is 9.90 Å². The van der Waals surface area contributed by atoms with E-state index in [-0.39, 0.29) is 11.3 Å². The van der Waals surface area contributed by atoms with Gasteiger partial charge >= 0.3 is 5.97 Å². The SMILES string of the molecule is Nc1ccccc1C([O])=O. The van der Waals surface area contributed by atoms with Crippen LogP contribution in [0.3, 0.4) is 0 Å². The molecule has 0 aromatic heterocycles. The number of carbonyl (C=O) groups excluding carboxylic acids is 1. The van der Waals surface area contributed by atoms with E-state index in [1.54, 1.807) is 12.1 Å². The Kier molecular flexibility index (Phi) is 1.58. The van der Waals surface area contributed by atoms with Crippen LogP contribution in [0, 0.1) is 0 Å². The highest BCUT2D eigenvalue weighted by Crippen LogP contribution is 2.09. The van der Waals surface area contributed by atoms with E-state index >= 15 is 0 Å². The fraction of sp³-hybridized carbons (Fsp3) is 0. The zero-order valence-corrected chi connectivity index (χ0v) is 5.20.